The van der Waals surface area contributed by atoms with Crippen LogP contribution in [0.3, 0.4) is 0 Å². The first kappa shape index (κ1) is 14.4. The molecule has 0 aliphatic carbocycles. The molecule has 1 saturated heterocycles. The van der Waals surface area contributed by atoms with Crippen LogP contribution in [-0.2, 0) is 4.74 Å². The molecule has 1 amide bonds. The Hall–Kier alpha value is -2.99. The zero-order valence-corrected chi connectivity index (χ0v) is 13.8. The first-order chi connectivity index (χ1) is 12.2. The van der Waals surface area contributed by atoms with Crippen molar-refractivity contribution in [3.63, 3.8) is 0 Å². The number of hydrogen-bond acceptors (Lipinski definition) is 3. The van der Waals surface area contributed by atoms with Crippen LogP contribution >= 0.6 is 11.6 Å². The largest absolute Gasteiger partial charge is 0.447 e. The molecule has 1 aliphatic rings. The number of aromatic amines is 2. The molecule has 2 aromatic heterocycles. The molecule has 0 unspecified atom stereocenters. The lowest BCUT2D eigenvalue weighted by molar-refractivity contribution is 0.181. The van der Waals surface area contributed by atoms with Crippen molar-refractivity contribution in [3.8, 4) is 11.4 Å². The quantitative estimate of drug-likeness (QED) is 0.564. The lowest BCUT2D eigenvalue weighted by Gasteiger charge is -2.12. The molecule has 25 heavy (non-hydrogen) atoms. The summed E-state index contributed by atoms with van der Waals surface area (Å²) in [6.07, 6.45) is -0.315. The fraction of sp³-hybridized carbons (Fsp3) is 0.111. The first-order valence-electron chi connectivity index (χ1n) is 7.90. The Morgan fingerprint density at radius 2 is 2.04 bits per heavy atom. The van der Waals surface area contributed by atoms with Crippen molar-refractivity contribution < 1.29 is 9.53 Å². The van der Waals surface area contributed by atoms with Crippen molar-refractivity contribution in [1.82, 2.24) is 15.2 Å². The van der Waals surface area contributed by atoms with Gasteiger partial charge in [0.2, 0.25) is 0 Å². The Labute approximate surface area is 147 Å². The molecule has 0 saturated carbocycles. The first-order valence-corrected chi connectivity index (χ1v) is 8.28. The van der Waals surface area contributed by atoms with E-state index >= 15 is 0 Å². The maximum atomic E-state index is 11.8. The Morgan fingerprint density at radius 1 is 1.12 bits per heavy atom. The summed E-state index contributed by atoms with van der Waals surface area (Å²) in [6.45, 7) is 0.973. The van der Waals surface area contributed by atoms with E-state index < -0.39 is 0 Å². The van der Waals surface area contributed by atoms with Gasteiger partial charge in [-0.1, -0.05) is 17.7 Å². The molecule has 7 heteroatoms. The number of hydrogen-bond donors (Lipinski definition) is 2. The van der Waals surface area contributed by atoms with Gasteiger partial charge in [0.25, 0.3) is 0 Å². The van der Waals surface area contributed by atoms with Crippen LogP contribution < -0.4 is 4.90 Å². The van der Waals surface area contributed by atoms with E-state index in [1.165, 1.54) is 0 Å². The van der Waals surface area contributed by atoms with Crippen molar-refractivity contribution in [2.24, 2.45) is 0 Å². The zero-order chi connectivity index (χ0) is 17.0. The molecule has 0 bridgehead atoms. The number of nitrogens with one attached hydrogen (secondary N) is 2. The molecule has 4 aromatic rings. The topological polar surface area (TPSA) is 74.0 Å². The molecular formula is C18H13ClN4O2. The summed E-state index contributed by atoms with van der Waals surface area (Å²) in [4.78, 5) is 16.8. The summed E-state index contributed by atoms with van der Waals surface area (Å²) in [7, 11) is 0. The Kier molecular flexibility index (Phi) is 3.02. The lowest BCUT2D eigenvalue weighted by Crippen LogP contribution is -2.23. The van der Waals surface area contributed by atoms with Crippen LogP contribution in [0.5, 0.6) is 0 Å². The summed E-state index contributed by atoms with van der Waals surface area (Å²) >= 11 is 6.06. The van der Waals surface area contributed by atoms with Gasteiger partial charge in [-0.3, -0.25) is 10.00 Å². The minimum Gasteiger partial charge on any atom is -0.447 e. The number of fused-ring (bicyclic) bond motifs is 2. The number of cyclic esters (lactones) is 1. The minimum absolute atomic E-state index is 0.315. The van der Waals surface area contributed by atoms with E-state index in [-0.39, 0.29) is 6.09 Å². The molecule has 3 heterocycles. The standard InChI is InChI=1S/C18H13ClN4O2/c19-11-2-1-10-7-16(20-15(10)8-11)17-13-9-12(3-4-14(13)21-22-17)23-5-6-25-18(23)24/h1-4,7-9,20H,5-6H2,(H,21,22). The van der Waals surface area contributed by atoms with Gasteiger partial charge in [-0.25, -0.2) is 4.79 Å². The van der Waals surface area contributed by atoms with E-state index in [4.69, 9.17) is 16.3 Å². The van der Waals surface area contributed by atoms with Crippen molar-refractivity contribution in [3.05, 3.63) is 47.5 Å². The third-order valence-electron chi connectivity index (χ3n) is 4.46. The van der Waals surface area contributed by atoms with Gasteiger partial charge in [0.15, 0.2) is 0 Å². The summed E-state index contributed by atoms with van der Waals surface area (Å²) < 4.78 is 5.02. The van der Waals surface area contributed by atoms with Crippen LogP contribution in [0.15, 0.2) is 42.5 Å². The van der Waals surface area contributed by atoms with Crippen LogP contribution in [0.2, 0.25) is 5.02 Å². The maximum absolute atomic E-state index is 11.8. The van der Waals surface area contributed by atoms with Crippen molar-refractivity contribution >= 4 is 45.2 Å². The molecule has 0 atom stereocenters. The number of aromatic nitrogens is 3. The molecule has 0 spiro atoms. The lowest BCUT2D eigenvalue weighted by atomic mass is 10.1. The van der Waals surface area contributed by atoms with Gasteiger partial charge >= 0.3 is 6.09 Å². The number of anilines is 1. The SMILES string of the molecule is O=C1OCCN1c1ccc2[nH]nc(-c3cc4ccc(Cl)cc4[nH]3)c2c1. The van der Waals surface area contributed by atoms with Gasteiger partial charge in [0.05, 0.1) is 17.8 Å². The third kappa shape index (κ3) is 2.26. The number of ether oxygens (including phenoxy) is 1. The van der Waals surface area contributed by atoms with E-state index in [9.17, 15) is 4.79 Å². The predicted octanol–water partition coefficient (Wildman–Crippen LogP) is 4.32. The number of benzene rings is 2. The molecule has 6 nitrogen and oxygen atoms in total. The Morgan fingerprint density at radius 3 is 2.88 bits per heavy atom. The van der Waals surface area contributed by atoms with Gasteiger partial charge in [-0.15, -0.1) is 0 Å². The number of carbonyl (C=O) groups is 1. The normalized spacial score (nSPS) is 14.6. The second-order valence-electron chi connectivity index (χ2n) is 5.98. The average molecular weight is 353 g/mol. The van der Waals surface area contributed by atoms with E-state index in [1.807, 2.05) is 42.5 Å². The zero-order valence-electron chi connectivity index (χ0n) is 13.0. The minimum atomic E-state index is -0.315. The van der Waals surface area contributed by atoms with Crippen LogP contribution in [-0.4, -0.2) is 34.4 Å². The van der Waals surface area contributed by atoms with E-state index in [0.29, 0.717) is 18.2 Å². The third-order valence-corrected chi connectivity index (χ3v) is 4.69. The molecule has 2 aromatic carbocycles. The number of amides is 1. The van der Waals surface area contributed by atoms with Crippen molar-refractivity contribution in [1.29, 1.82) is 0 Å². The van der Waals surface area contributed by atoms with Crippen LogP contribution in [0, 0.1) is 0 Å². The van der Waals surface area contributed by atoms with Crippen LogP contribution in [0.4, 0.5) is 10.5 Å². The molecule has 1 fully saturated rings. The van der Waals surface area contributed by atoms with E-state index in [1.54, 1.807) is 4.90 Å². The second-order valence-corrected chi connectivity index (χ2v) is 6.42. The van der Waals surface area contributed by atoms with E-state index in [0.717, 1.165) is 38.9 Å². The molecule has 0 radical (unpaired) electrons. The van der Waals surface area contributed by atoms with Crippen molar-refractivity contribution in [2.45, 2.75) is 0 Å². The Balaban J connectivity index is 1.65. The molecular weight excluding hydrogens is 340 g/mol. The van der Waals surface area contributed by atoms with E-state index in [2.05, 4.69) is 15.2 Å². The van der Waals surface area contributed by atoms with Gasteiger partial charge in [-0.2, -0.15) is 5.10 Å². The monoisotopic (exact) mass is 352 g/mol. The smallest absolute Gasteiger partial charge is 0.414 e. The fourth-order valence-electron chi connectivity index (χ4n) is 3.23. The number of nitrogens with zero attached hydrogens (tertiary/aromatic N) is 2. The highest BCUT2D eigenvalue weighted by atomic mass is 35.5. The number of H-pyrrole nitrogens is 2. The number of halogens is 1. The highest BCUT2D eigenvalue weighted by molar-refractivity contribution is 6.31. The summed E-state index contributed by atoms with van der Waals surface area (Å²) in [6, 6.07) is 13.5. The van der Waals surface area contributed by atoms with Gasteiger partial charge in [0.1, 0.15) is 12.3 Å². The van der Waals surface area contributed by atoms with Crippen LogP contribution in [0.1, 0.15) is 0 Å². The molecule has 2 N–H and O–H groups in total. The molecule has 124 valence electrons. The second kappa shape index (κ2) is 5.26. The van der Waals surface area contributed by atoms with Gasteiger partial charge in [-0.05, 0) is 36.4 Å². The summed E-state index contributed by atoms with van der Waals surface area (Å²) in [5.74, 6) is 0. The van der Waals surface area contributed by atoms with Crippen molar-refractivity contribution in [2.75, 3.05) is 18.1 Å². The molecule has 1 aliphatic heterocycles. The highest BCUT2D eigenvalue weighted by Crippen LogP contribution is 2.32. The average Bonchev–Trinajstić information content (AvgIpc) is 3.30. The summed E-state index contributed by atoms with van der Waals surface area (Å²) in [5, 5.41) is 10.2. The fourth-order valence-corrected chi connectivity index (χ4v) is 3.40. The van der Waals surface area contributed by atoms with Crippen LogP contribution in [0.25, 0.3) is 33.2 Å². The molecule has 5 rings (SSSR count). The summed E-state index contributed by atoms with van der Waals surface area (Å²) in [5.41, 5.74) is 4.36. The van der Waals surface area contributed by atoms with Gasteiger partial charge in [0, 0.05) is 27.0 Å². The van der Waals surface area contributed by atoms with Gasteiger partial charge < -0.3 is 9.72 Å². The maximum Gasteiger partial charge on any atom is 0.414 e. The number of rotatable bonds is 2. The highest BCUT2D eigenvalue weighted by Gasteiger charge is 2.24. The predicted molar refractivity (Wildman–Crippen MR) is 97.1 cm³/mol. The number of carbonyl (C=O) groups excluding carboxylic acids is 1. The Bertz CT molecular complexity index is 1130.